The molecule has 0 fully saturated rings. The van der Waals surface area contributed by atoms with Crippen LogP contribution in [0.5, 0.6) is 5.75 Å². The Labute approximate surface area is 184 Å². The van der Waals surface area contributed by atoms with Crippen LogP contribution in [0, 0.1) is 5.13 Å². The Bertz CT molecular complexity index is 1600. The molecule has 0 aliphatic heterocycles. The van der Waals surface area contributed by atoms with Crippen LogP contribution < -0.4 is 4.74 Å². The number of nitrogens with one attached hydrogen (secondary N) is 2. The quantitative estimate of drug-likeness (QED) is 0.404. The zero-order chi connectivity index (χ0) is 21.7. The largest absolute Gasteiger partial charge is 0.495 e. The second kappa shape index (κ2) is 7.20. The highest BCUT2D eigenvalue weighted by atomic mass is 32.1. The van der Waals surface area contributed by atoms with Crippen LogP contribution in [-0.2, 0) is 0 Å². The number of rotatable bonds is 4. The Morgan fingerprint density at radius 1 is 1.00 bits per heavy atom. The molecule has 0 atom stereocenters. The summed E-state index contributed by atoms with van der Waals surface area (Å²) >= 11 is 1.06. The van der Waals surface area contributed by atoms with Crippen LogP contribution in [0.2, 0.25) is 0 Å². The van der Waals surface area contributed by atoms with Crippen molar-refractivity contribution < 1.29 is 9.13 Å². The summed E-state index contributed by atoms with van der Waals surface area (Å²) in [7, 11) is 1.60. The van der Waals surface area contributed by atoms with E-state index in [4.69, 9.17) is 9.72 Å². The molecule has 156 valence electrons. The van der Waals surface area contributed by atoms with Gasteiger partial charge in [-0.3, -0.25) is 20.1 Å². The maximum atomic E-state index is 13.6. The average Bonchev–Trinajstić information content (AvgIpc) is 3.55. The van der Waals surface area contributed by atoms with E-state index in [9.17, 15) is 4.39 Å². The van der Waals surface area contributed by atoms with Crippen molar-refractivity contribution in [3.05, 3.63) is 60.4 Å². The second-order valence-corrected chi connectivity index (χ2v) is 8.11. The molecule has 0 amide bonds. The van der Waals surface area contributed by atoms with Gasteiger partial charge in [0.2, 0.25) is 0 Å². The number of fused-ring (bicyclic) bond motifs is 2. The fourth-order valence-corrected chi connectivity index (χ4v) is 4.35. The topological polar surface area (TPSA) is 105 Å². The van der Waals surface area contributed by atoms with Crippen LogP contribution in [0.1, 0.15) is 0 Å². The van der Waals surface area contributed by atoms with E-state index in [0.717, 1.165) is 49.5 Å². The predicted molar refractivity (Wildman–Crippen MR) is 120 cm³/mol. The summed E-state index contributed by atoms with van der Waals surface area (Å²) in [4.78, 5) is 21.8. The van der Waals surface area contributed by atoms with E-state index in [2.05, 4.69) is 30.1 Å². The molecule has 6 rings (SSSR count). The van der Waals surface area contributed by atoms with Gasteiger partial charge in [-0.05, 0) is 24.3 Å². The number of aromatic amines is 2. The lowest BCUT2D eigenvalue weighted by atomic mass is 10.1. The fraction of sp³-hybridized carbons (Fsp3) is 0.0455. The monoisotopic (exact) mass is 443 g/mol. The zero-order valence-corrected chi connectivity index (χ0v) is 17.4. The first-order chi connectivity index (χ1) is 15.7. The molecule has 0 aliphatic rings. The van der Waals surface area contributed by atoms with E-state index < -0.39 is 0 Å². The molecule has 6 heterocycles. The van der Waals surface area contributed by atoms with E-state index in [-0.39, 0.29) is 5.13 Å². The molecule has 8 nitrogen and oxygen atoms in total. The lowest BCUT2D eigenvalue weighted by Crippen LogP contribution is -1.88. The molecule has 0 bridgehead atoms. The highest BCUT2D eigenvalue weighted by Gasteiger charge is 2.17. The summed E-state index contributed by atoms with van der Waals surface area (Å²) < 4.78 is 18.9. The number of halogens is 1. The molecule has 0 saturated heterocycles. The first-order valence-corrected chi connectivity index (χ1v) is 10.4. The molecule has 0 saturated carbocycles. The van der Waals surface area contributed by atoms with Gasteiger partial charge >= 0.3 is 0 Å². The zero-order valence-electron chi connectivity index (χ0n) is 16.6. The van der Waals surface area contributed by atoms with Gasteiger partial charge in [0.15, 0.2) is 11.0 Å². The Kier molecular flexibility index (Phi) is 4.18. The van der Waals surface area contributed by atoms with Crippen LogP contribution in [0.15, 0.2) is 55.2 Å². The molecular formula is C22H14FN7OS. The van der Waals surface area contributed by atoms with Gasteiger partial charge in [-0.15, -0.1) is 11.3 Å². The second-order valence-electron chi connectivity index (χ2n) is 7.07. The summed E-state index contributed by atoms with van der Waals surface area (Å²) in [5.74, 6) is 1.23. The van der Waals surface area contributed by atoms with Crippen molar-refractivity contribution in [2.75, 3.05) is 7.11 Å². The van der Waals surface area contributed by atoms with Gasteiger partial charge in [0.05, 0.1) is 42.4 Å². The summed E-state index contributed by atoms with van der Waals surface area (Å²) in [6.45, 7) is 0. The normalized spacial score (nSPS) is 11.4. The minimum Gasteiger partial charge on any atom is -0.495 e. The predicted octanol–water partition coefficient (Wildman–Crippen LogP) is 4.83. The van der Waals surface area contributed by atoms with Crippen LogP contribution in [-0.4, -0.2) is 42.2 Å². The van der Waals surface area contributed by atoms with Gasteiger partial charge < -0.3 is 9.72 Å². The minimum atomic E-state index is -0.252. The van der Waals surface area contributed by atoms with Crippen molar-refractivity contribution in [3.63, 3.8) is 0 Å². The number of nitrogens with zero attached hydrogens (tertiary/aromatic N) is 5. The molecule has 0 aromatic carbocycles. The minimum absolute atomic E-state index is 0.252. The standard InChI is InChI=1S/C22H14FN7OS/c1-31-12-4-11(6-24-7-12)15-5-13-16(10-26-15)29-30-21(13)22-27-17-9-25-8-14(20(17)28-22)18-2-3-19(23)32-18/h2-10H,1H3,(H,27,28)(H,29,30). The van der Waals surface area contributed by atoms with Crippen LogP contribution in [0.25, 0.3) is 55.2 Å². The van der Waals surface area contributed by atoms with E-state index >= 15 is 0 Å². The van der Waals surface area contributed by atoms with Crippen LogP contribution in [0.3, 0.4) is 0 Å². The number of ether oxygens (including phenoxy) is 1. The molecule has 6 aromatic rings. The Balaban J connectivity index is 1.49. The molecule has 6 aromatic heterocycles. The molecule has 10 heteroatoms. The number of pyridine rings is 3. The number of hydrogen-bond donors (Lipinski definition) is 2. The molecule has 0 unspecified atom stereocenters. The van der Waals surface area contributed by atoms with E-state index in [1.165, 1.54) is 6.07 Å². The third kappa shape index (κ3) is 3.00. The SMILES string of the molecule is COc1cncc(-c2cc3c(-c4nc5c(-c6ccc(F)s6)cncc5[nH]4)n[nH]c3cn2)c1. The van der Waals surface area contributed by atoms with Gasteiger partial charge in [0, 0.05) is 33.8 Å². The van der Waals surface area contributed by atoms with Gasteiger partial charge in [-0.2, -0.15) is 9.49 Å². The van der Waals surface area contributed by atoms with Gasteiger partial charge in [0.1, 0.15) is 17.0 Å². The highest BCUT2D eigenvalue weighted by molar-refractivity contribution is 7.14. The summed E-state index contributed by atoms with van der Waals surface area (Å²) in [6.07, 6.45) is 8.49. The van der Waals surface area contributed by atoms with Gasteiger partial charge in [0.25, 0.3) is 0 Å². The van der Waals surface area contributed by atoms with E-state index in [0.29, 0.717) is 22.8 Å². The van der Waals surface area contributed by atoms with Crippen molar-refractivity contribution in [1.29, 1.82) is 0 Å². The smallest absolute Gasteiger partial charge is 0.176 e. The van der Waals surface area contributed by atoms with E-state index in [1.807, 2.05) is 12.1 Å². The van der Waals surface area contributed by atoms with Crippen LogP contribution >= 0.6 is 11.3 Å². The Hall–Kier alpha value is -4.18. The number of methoxy groups -OCH3 is 1. The maximum Gasteiger partial charge on any atom is 0.176 e. The first-order valence-electron chi connectivity index (χ1n) is 9.63. The fourth-order valence-electron chi connectivity index (χ4n) is 3.61. The molecule has 0 radical (unpaired) electrons. The Morgan fingerprint density at radius 2 is 1.91 bits per heavy atom. The van der Waals surface area contributed by atoms with Crippen molar-refractivity contribution >= 4 is 33.3 Å². The van der Waals surface area contributed by atoms with Crippen molar-refractivity contribution in [2.45, 2.75) is 0 Å². The number of imidazole rings is 1. The third-order valence-electron chi connectivity index (χ3n) is 5.15. The molecular weight excluding hydrogens is 429 g/mol. The maximum absolute atomic E-state index is 13.6. The average molecular weight is 443 g/mol. The van der Waals surface area contributed by atoms with E-state index in [1.54, 1.807) is 44.2 Å². The number of aromatic nitrogens is 7. The molecule has 0 aliphatic carbocycles. The number of thiophene rings is 1. The third-order valence-corrected chi connectivity index (χ3v) is 6.06. The summed E-state index contributed by atoms with van der Waals surface area (Å²) in [6, 6.07) is 6.98. The van der Waals surface area contributed by atoms with Crippen LogP contribution in [0.4, 0.5) is 4.39 Å². The highest BCUT2D eigenvalue weighted by Crippen LogP contribution is 2.34. The number of hydrogen-bond acceptors (Lipinski definition) is 7. The lowest BCUT2D eigenvalue weighted by Gasteiger charge is -2.03. The van der Waals surface area contributed by atoms with Gasteiger partial charge in [-0.1, -0.05) is 0 Å². The van der Waals surface area contributed by atoms with Crippen molar-refractivity contribution in [3.8, 4) is 39.0 Å². The first kappa shape index (κ1) is 18.6. The Morgan fingerprint density at radius 3 is 2.75 bits per heavy atom. The number of H-pyrrole nitrogens is 2. The molecule has 0 spiro atoms. The van der Waals surface area contributed by atoms with Crippen molar-refractivity contribution in [1.82, 2.24) is 35.1 Å². The lowest BCUT2D eigenvalue weighted by molar-refractivity contribution is 0.413. The van der Waals surface area contributed by atoms with Gasteiger partial charge in [-0.25, -0.2) is 4.98 Å². The molecule has 2 N–H and O–H groups in total. The summed E-state index contributed by atoms with van der Waals surface area (Å²) in [5, 5.41) is 8.07. The van der Waals surface area contributed by atoms with Crippen molar-refractivity contribution in [2.24, 2.45) is 0 Å². The summed E-state index contributed by atoms with van der Waals surface area (Å²) in [5.41, 5.74) is 5.21. The molecule has 32 heavy (non-hydrogen) atoms.